The molecule has 0 radical (unpaired) electrons. The molecule has 0 amide bonds. The Morgan fingerprint density at radius 1 is 0.815 bits per heavy atom. The summed E-state index contributed by atoms with van der Waals surface area (Å²) in [6.07, 6.45) is 3.01. The summed E-state index contributed by atoms with van der Waals surface area (Å²) in [5, 5.41) is 0. The van der Waals surface area contributed by atoms with E-state index in [2.05, 4.69) is 0 Å². The van der Waals surface area contributed by atoms with Crippen LogP contribution in [0.15, 0.2) is 6.07 Å². The van der Waals surface area contributed by atoms with Crippen LogP contribution >= 0.6 is 0 Å². The zero-order chi connectivity index (χ0) is 20.6. The monoisotopic (exact) mass is 410 g/mol. The van der Waals surface area contributed by atoms with Crippen LogP contribution in [-0.4, -0.2) is 28.1 Å². The van der Waals surface area contributed by atoms with Crippen LogP contribution in [0.3, 0.4) is 0 Å². The van der Waals surface area contributed by atoms with E-state index >= 15 is 0 Å². The van der Waals surface area contributed by atoms with Crippen molar-refractivity contribution in [2.75, 3.05) is 7.11 Å². The van der Waals surface area contributed by atoms with Gasteiger partial charge in [0.1, 0.15) is 0 Å². The third-order valence-corrected chi connectivity index (χ3v) is 7.25. The lowest BCUT2D eigenvalue weighted by Crippen LogP contribution is -2.48. The van der Waals surface area contributed by atoms with Crippen LogP contribution in [-0.2, 0) is 19.7 Å². The van der Waals surface area contributed by atoms with Gasteiger partial charge in [-0.15, -0.1) is 0 Å². The fourth-order valence-corrected chi connectivity index (χ4v) is 5.68. The average molecular weight is 411 g/mol. The zero-order valence-corrected chi connectivity index (χ0v) is 17.7. The van der Waals surface area contributed by atoms with Crippen molar-refractivity contribution in [3.63, 3.8) is 0 Å². The van der Waals surface area contributed by atoms with Gasteiger partial charge in [0.2, 0.25) is 0 Å². The molecule has 0 N–H and O–H groups in total. The van der Waals surface area contributed by atoms with Gasteiger partial charge in [-0.05, 0) is 58.6 Å². The summed E-state index contributed by atoms with van der Waals surface area (Å²) >= 11 is 0. The first kappa shape index (κ1) is 24.1. The molecule has 0 unspecified atom stereocenters. The molecule has 0 aliphatic heterocycles. The van der Waals surface area contributed by atoms with Crippen molar-refractivity contribution in [3.8, 4) is 0 Å². The standard InChI is InChI=1S/C19H30F4O3Si/c1-13(2)25-27(24-5,26-14(3)4)11-9-7-6-8-10-15-12-16(20)18(22)19(23)17(15)21/h12-14H,6-11H2,1-5H3. The Hall–Kier alpha value is -0.963. The summed E-state index contributed by atoms with van der Waals surface area (Å²) in [5.74, 6) is -6.20. The van der Waals surface area contributed by atoms with Gasteiger partial charge < -0.3 is 13.3 Å². The first-order valence-corrected chi connectivity index (χ1v) is 11.3. The minimum atomic E-state index is -2.75. The van der Waals surface area contributed by atoms with Gasteiger partial charge in [0.05, 0.1) is 0 Å². The van der Waals surface area contributed by atoms with E-state index < -0.39 is 32.1 Å². The van der Waals surface area contributed by atoms with Gasteiger partial charge in [0, 0.05) is 25.4 Å². The third kappa shape index (κ3) is 7.52. The molecule has 3 nitrogen and oxygen atoms in total. The van der Waals surface area contributed by atoms with Gasteiger partial charge in [-0.2, -0.15) is 0 Å². The minimum Gasteiger partial charge on any atom is -0.377 e. The number of benzene rings is 1. The Bertz CT molecular complexity index is 587. The molecular weight excluding hydrogens is 380 g/mol. The van der Waals surface area contributed by atoms with Crippen molar-refractivity contribution in [3.05, 3.63) is 34.9 Å². The number of halogens is 4. The van der Waals surface area contributed by atoms with Crippen LogP contribution in [0.5, 0.6) is 0 Å². The highest BCUT2D eigenvalue weighted by atomic mass is 28.4. The van der Waals surface area contributed by atoms with E-state index in [-0.39, 0.29) is 24.2 Å². The number of hydrogen-bond acceptors (Lipinski definition) is 3. The van der Waals surface area contributed by atoms with Crippen molar-refractivity contribution >= 4 is 8.80 Å². The lowest BCUT2D eigenvalue weighted by molar-refractivity contribution is 0.0323. The summed E-state index contributed by atoms with van der Waals surface area (Å²) < 4.78 is 70.6. The smallest absolute Gasteiger partial charge is 0.377 e. The Balaban J connectivity index is 2.49. The van der Waals surface area contributed by atoms with Crippen LogP contribution in [0.1, 0.15) is 58.9 Å². The highest BCUT2D eigenvalue weighted by Gasteiger charge is 2.41. The summed E-state index contributed by atoms with van der Waals surface area (Å²) in [4.78, 5) is 0. The van der Waals surface area contributed by atoms with Gasteiger partial charge in [0.25, 0.3) is 0 Å². The molecule has 1 rings (SSSR count). The Morgan fingerprint density at radius 3 is 1.89 bits per heavy atom. The second-order valence-electron chi connectivity index (χ2n) is 7.09. The maximum atomic E-state index is 13.6. The molecule has 1 aromatic rings. The first-order chi connectivity index (χ1) is 12.6. The third-order valence-electron chi connectivity index (χ3n) is 4.00. The molecule has 0 bridgehead atoms. The van der Waals surface area contributed by atoms with Crippen molar-refractivity contribution in [1.29, 1.82) is 0 Å². The van der Waals surface area contributed by atoms with Crippen LogP contribution in [0.25, 0.3) is 0 Å². The predicted octanol–water partition coefficient (Wildman–Crippen LogP) is 5.78. The van der Waals surface area contributed by atoms with E-state index in [4.69, 9.17) is 13.3 Å². The fraction of sp³-hybridized carbons (Fsp3) is 0.684. The van der Waals surface area contributed by atoms with Gasteiger partial charge >= 0.3 is 8.80 Å². The van der Waals surface area contributed by atoms with E-state index in [0.29, 0.717) is 12.5 Å². The summed E-state index contributed by atoms with van der Waals surface area (Å²) in [6, 6.07) is 1.39. The molecule has 0 aliphatic rings. The highest BCUT2D eigenvalue weighted by Crippen LogP contribution is 2.24. The van der Waals surface area contributed by atoms with Crippen molar-refractivity contribution in [2.24, 2.45) is 0 Å². The fourth-order valence-electron chi connectivity index (χ4n) is 2.88. The molecule has 0 saturated carbocycles. The maximum Gasteiger partial charge on any atom is 0.501 e. The van der Waals surface area contributed by atoms with Gasteiger partial charge in [0.15, 0.2) is 23.3 Å². The highest BCUT2D eigenvalue weighted by molar-refractivity contribution is 6.60. The molecule has 0 aliphatic carbocycles. The topological polar surface area (TPSA) is 27.7 Å². The molecule has 0 aromatic heterocycles. The number of aryl methyl sites for hydroxylation is 1. The van der Waals surface area contributed by atoms with Gasteiger partial charge in [-0.3, -0.25) is 0 Å². The van der Waals surface area contributed by atoms with Crippen molar-refractivity contribution in [1.82, 2.24) is 0 Å². The van der Waals surface area contributed by atoms with E-state index in [9.17, 15) is 17.6 Å². The molecule has 1 aromatic carbocycles. The summed E-state index contributed by atoms with van der Waals surface area (Å²) in [6.45, 7) is 7.72. The van der Waals surface area contributed by atoms with Crippen molar-refractivity contribution in [2.45, 2.75) is 78.1 Å². The van der Waals surface area contributed by atoms with E-state index in [0.717, 1.165) is 25.3 Å². The molecule has 27 heavy (non-hydrogen) atoms. The predicted molar refractivity (Wildman–Crippen MR) is 98.5 cm³/mol. The second kappa shape index (κ2) is 11.1. The molecule has 8 heteroatoms. The zero-order valence-electron chi connectivity index (χ0n) is 16.7. The normalized spacial score (nSPS) is 12.4. The van der Waals surface area contributed by atoms with Crippen LogP contribution in [0.2, 0.25) is 6.04 Å². The quantitative estimate of drug-likeness (QED) is 0.144. The Kier molecular flexibility index (Phi) is 9.93. The maximum absolute atomic E-state index is 13.6. The minimum absolute atomic E-state index is 0.0124. The first-order valence-electron chi connectivity index (χ1n) is 9.34. The van der Waals surface area contributed by atoms with E-state index in [1.165, 1.54) is 0 Å². The Labute approximate surface area is 160 Å². The van der Waals surface area contributed by atoms with Gasteiger partial charge in [-0.25, -0.2) is 17.6 Å². The number of hydrogen-bond donors (Lipinski definition) is 0. The number of unbranched alkanes of at least 4 members (excludes halogenated alkanes) is 3. The van der Waals surface area contributed by atoms with Crippen LogP contribution < -0.4 is 0 Å². The van der Waals surface area contributed by atoms with Crippen LogP contribution in [0.4, 0.5) is 17.6 Å². The van der Waals surface area contributed by atoms with Gasteiger partial charge in [-0.1, -0.05) is 12.8 Å². The molecule has 0 spiro atoms. The lowest BCUT2D eigenvalue weighted by Gasteiger charge is -2.31. The SMILES string of the molecule is CO[Si](CCCCCCc1cc(F)c(F)c(F)c1F)(OC(C)C)OC(C)C. The second-order valence-corrected chi connectivity index (χ2v) is 9.84. The van der Waals surface area contributed by atoms with Crippen molar-refractivity contribution < 1.29 is 30.8 Å². The largest absolute Gasteiger partial charge is 0.501 e. The molecule has 156 valence electrons. The van der Waals surface area contributed by atoms with E-state index in [1.54, 1.807) is 7.11 Å². The molecule has 0 fully saturated rings. The van der Waals surface area contributed by atoms with Crippen LogP contribution in [0, 0.1) is 23.3 Å². The van der Waals surface area contributed by atoms with E-state index in [1.807, 2.05) is 27.7 Å². The molecule has 0 heterocycles. The summed E-state index contributed by atoms with van der Waals surface area (Å²) in [7, 11) is -1.16. The number of rotatable bonds is 12. The lowest BCUT2D eigenvalue weighted by atomic mass is 10.1. The molecule has 0 atom stereocenters. The summed E-state index contributed by atoms with van der Waals surface area (Å²) in [5.41, 5.74) is -0.140. The Morgan fingerprint density at radius 2 is 1.37 bits per heavy atom. The molecule has 0 saturated heterocycles. The average Bonchev–Trinajstić information content (AvgIpc) is 2.59. The molecular formula is C19H30F4O3Si.